The summed E-state index contributed by atoms with van der Waals surface area (Å²) in [7, 11) is 1.45. The molecular formula is C23H24ClF3N4O4. The fourth-order valence-electron chi connectivity index (χ4n) is 4.57. The van der Waals surface area contributed by atoms with Gasteiger partial charge in [-0.25, -0.2) is 9.97 Å². The highest BCUT2D eigenvalue weighted by Crippen LogP contribution is 2.41. The number of hydrogen-bond donors (Lipinski definition) is 0. The maximum atomic E-state index is 13.1. The van der Waals surface area contributed by atoms with Crippen molar-refractivity contribution in [3.05, 3.63) is 46.7 Å². The Labute approximate surface area is 205 Å². The molecule has 2 amide bonds. The van der Waals surface area contributed by atoms with Crippen LogP contribution in [0.5, 0.6) is 11.8 Å². The number of likely N-dealkylation sites (tertiary alicyclic amines) is 2. The molecule has 2 aromatic heterocycles. The Morgan fingerprint density at radius 2 is 1.80 bits per heavy atom. The van der Waals surface area contributed by atoms with Crippen molar-refractivity contribution in [3.8, 4) is 11.8 Å². The summed E-state index contributed by atoms with van der Waals surface area (Å²) in [5.41, 5.74) is 0.240. The lowest BCUT2D eigenvalue weighted by molar-refractivity contribution is -0.154. The maximum absolute atomic E-state index is 13.1. The molecule has 4 heterocycles. The molecule has 0 N–H and O–H groups in total. The summed E-state index contributed by atoms with van der Waals surface area (Å²) in [6, 6.07) is 5.95. The van der Waals surface area contributed by atoms with Gasteiger partial charge < -0.3 is 19.3 Å². The van der Waals surface area contributed by atoms with Gasteiger partial charge >= 0.3 is 6.18 Å². The lowest BCUT2D eigenvalue weighted by Crippen LogP contribution is -2.44. The highest BCUT2D eigenvalue weighted by atomic mass is 35.5. The van der Waals surface area contributed by atoms with Gasteiger partial charge in [0.25, 0.3) is 11.8 Å². The van der Waals surface area contributed by atoms with Crippen molar-refractivity contribution in [1.29, 1.82) is 0 Å². The molecule has 8 nitrogen and oxygen atoms in total. The quantitative estimate of drug-likeness (QED) is 0.566. The van der Waals surface area contributed by atoms with Crippen LogP contribution in [-0.2, 0) is 0 Å². The van der Waals surface area contributed by atoms with Crippen molar-refractivity contribution >= 4 is 23.4 Å². The molecule has 2 aliphatic rings. The number of hydrogen-bond acceptors (Lipinski definition) is 6. The Bertz CT molecular complexity index is 1110. The summed E-state index contributed by atoms with van der Waals surface area (Å²) in [5.74, 6) is -0.657. The summed E-state index contributed by atoms with van der Waals surface area (Å²) in [6.45, 7) is 0.423. The average molecular weight is 513 g/mol. The number of halogens is 4. The summed E-state index contributed by atoms with van der Waals surface area (Å²) in [5, 5.41) is 0.167. The van der Waals surface area contributed by atoms with Crippen LogP contribution in [0.15, 0.2) is 30.5 Å². The topological polar surface area (TPSA) is 84.9 Å². The first-order chi connectivity index (χ1) is 16.6. The monoisotopic (exact) mass is 512 g/mol. The second-order valence-electron chi connectivity index (χ2n) is 8.75. The number of carbonyl (C=O) groups is 2. The third-order valence-corrected chi connectivity index (χ3v) is 6.63. The van der Waals surface area contributed by atoms with Crippen LogP contribution >= 0.6 is 11.6 Å². The summed E-state index contributed by atoms with van der Waals surface area (Å²) in [6.07, 6.45) is -1.11. The highest BCUT2D eigenvalue weighted by molar-refractivity contribution is 6.29. The molecule has 2 aromatic rings. The molecule has 4 rings (SSSR count). The fourth-order valence-corrected chi connectivity index (χ4v) is 4.77. The van der Waals surface area contributed by atoms with E-state index < -0.39 is 18.7 Å². The van der Waals surface area contributed by atoms with Crippen molar-refractivity contribution in [3.63, 3.8) is 0 Å². The van der Waals surface area contributed by atoms with E-state index in [1.54, 1.807) is 15.9 Å². The molecule has 35 heavy (non-hydrogen) atoms. The van der Waals surface area contributed by atoms with Crippen LogP contribution in [0.3, 0.4) is 0 Å². The van der Waals surface area contributed by atoms with Gasteiger partial charge in [-0.1, -0.05) is 11.6 Å². The second-order valence-corrected chi connectivity index (χ2v) is 9.14. The van der Waals surface area contributed by atoms with Gasteiger partial charge in [0, 0.05) is 44.0 Å². The number of methoxy groups -OCH3 is 1. The van der Waals surface area contributed by atoms with Crippen molar-refractivity contribution in [2.45, 2.75) is 25.4 Å². The zero-order valence-electron chi connectivity index (χ0n) is 19.0. The predicted molar refractivity (Wildman–Crippen MR) is 120 cm³/mol. The maximum Gasteiger partial charge on any atom is 0.422 e. The van der Waals surface area contributed by atoms with Crippen LogP contribution < -0.4 is 9.47 Å². The van der Waals surface area contributed by atoms with E-state index in [4.69, 9.17) is 21.1 Å². The second kappa shape index (κ2) is 9.88. The Hall–Kier alpha value is -3.08. The van der Waals surface area contributed by atoms with Crippen LogP contribution in [0.1, 0.15) is 40.0 Å². The number of aromatic nitrogens is 2. The number of pyridine rings is 2. The third-order valence-electron chi connectivity index (χ3n) is 6.44. The van der Waals surface area contributed by atoms with E-state index in [-0.39, 0.29) is 33.8 Å². The summed E-state index contributed by atoms with van der Waals surface area (Å²) >= 11 is 5.99. The van der Waals surface area contributed by atoms with E-state index in [1.807, 2.05) is 0 Å². The molecule has 0 atom stereocenters. The van der Waals surface area contributed by atoms with E-state index in [0.717, 1.165) is 6.42 Å². The minimum absolute atomic E-state index is 0.00456. The van der Waals surface area contributed by atoms with Crippen LogP contribution in [0.2, 0.25) is 5.15 Å². The molecule has 188 valence electrons. The van der Waals surface area contributed by atoms with Crippen LogP contribution in [-0.4, -0.2) is 77.7 Å². The van der Waals surface area contributed by atoms with E-state index in [9.17, 15) is 22.8 Å². The Balaban J connectivity index is 1.39. The van der Waals surface area contributed by atoms with Gasteiger partial charge in [-0.2, -0.15) is 13.2 Å². The van der Waals surface area contributed by atoms with Crippen LogP contribution in [0.25, 0.3) is 0 Å². The zero-order chi connectivity index (χ0) is 25.2. The average Bonchev–Trinajstić information content (AvgIpc) is 3.25. The number of carbonyl (C=O) groups excluding carboxylic acids is 2. The number of piperidine rings is 1. The lowest BCUT2D eigenvalue weighted by Gasteiger charge is -2.39. The smallest absolute Gasteiger partial charge is 0.422 e. The molecule has 1 spiro atoms. The molecule has 0 radical (unpaired) electrons. The van der Waals surface area contributed by atoms with Gasteiger partial charge in [-0.3, -0.25) is 9.59 Å². The van der Waals surface area contributed by atoms with E-state index >= 15 is 0 Å². The minimum Gasteiger partial charge on any atom is -0.481 e. The Morgan fingerprint density at radius 3 is 2.46 bits per heavy atom. The van der Waals surface area contributed by atoms with E-state index in [1.165, 1.54) is 31.5 Å². The number of amides is 2. The van der Waals surface area contributed by atoms with Gasteiger partial charge in [0.05, 0.1) is 7.11 Å². The predicted octanol–water partition coefficient (Wildman–Crippen LogP) is 3.85. The first-order valence-corrected chi connectivity index (χ1v) is 11.4. The highest BCUT2D eigenvalue weighted by Gasteiger charge is 2.43. The molecule has 2 fully saturated rings. The van der Waals surface area contributed by atoms with Gasteiger partial charge in [0.1, 0.15) is 10.7 Å². The van der Waals surface area contributed by atoms with Gasteiger partial charge in [0.15, 0.2) is 6.61 Å². The molecule has 0 bridgehead atoms. The van der Waals surface area contributed by atoms with Gasteiger partial charge in [0.2, 0.25) is 11.8 Å². The van der Waals surface area contributed by atoms with Crippen molar-refractivity contribution in [2.75, 3.05) is 39.9 Å². The first kappa shape index (κ1) is 25.0. The molecular weight excluding hydrogens is 489 g/mol. The van der Waals surface area contributed by atoms with Gasteiger partial charge in [-0.15, -0.1) is 0 Å². The van der Waals surface area contributed by atoms with E-state index in [0.29, 0.717) is 44.6 Å². The minimum atomic E-state index is -4.53. The third kappa shape index (κ3) is 5.77. The van der Waals surface area contributed by atoms with Gasteiger partial charge in [-0.05, 0) is 42.9 Å². The molecule has 0 aliphatic carbocycles. The van der Waals surface area contributed by atoms with Crippen molar-refractivity contribution in [1.82, 2.24) is 19.8 Å². The van der Waals surface area contributed by atoms with Crippen molar-refractivity contribution < 1.29 is 32.2 Å². The number of alkyl halides is 3. The fraction of sp³-hybridized carbons (Fsp3) is 0.478. The molecule has 2 aliphatic heterocycles. The summed E-state index contributed by atoms with van der Waals surface area (Å²) in [4.78, 5) is 37.2. The molecule has 0 unspecified atom stereocenters. The SMILES string of the molecule is COc1cc(C(=O)N2CCC3(CC2)CCN(C(=O)c2cccnc2OCC(F)(F)F)C3)cc(Cl)n1. The first-order valence-electron chi connectivity index (χ1n) is 11.0. The largest absolute Gasteiger partial charge is 0.481 e. The Morgan fingerprint density at radius 1 is 1.11 bits per heavy atom. The summed E-state index contributed by atoms with van der Waals surface area (Å²) < 4.78 is 47.6. The van der Waals surface area contributed by atoms with E-state index in [2.05, 4.69) is 9.97 Å². The van der Waals surface area contributed by atoms with Crippen LogP contribution in [0, 0.1) is 5.41 Å². The molecule has 0 aromatic carbocycles. The lowest BCUT2D eigenvalue weighted by atomic mass is 9.77. The zero-order valence-corrected chi connectivity index (χ0v) is 19.7. The molecule has 12 heteroatoms. The van der Waals surface area contributed by atoms with Crippen LogP contribution in [0.4, 0.5) is 13.2 Å². The standard InChI is InChI=1S/C23H24ClF3N4O4/c1-34-18-12-15(11-17(24)29-18)20(32)30-8-4-22(5-9-30)6-10-31(13-22)21(33)16-3-2-7-28-19(16)35-14-23(25,26)27/h2-3,7,11-12H,4-6,8-10,13-14H2,1H3. The Kier molecular flexibility index (Phi) is 7.07. The number of ether oxygens (including phenoxy) is 2. The normalized spacial score (nSPS) is 17.5. The number of nitrogens with zero attached hydrogens (tertiary/aromatic N) is 4. The number of rotatable bonds is 5. The van der Waals surface area contributed by atoms with Crippen molar-refractivity contribution in [2.24, 2.45) is 5.41 Å². The molecule has 2 saturated heterocycles. The molecule has 0 saturated carbocycles.